The van der Waals surface area contributed by atoms with Crippen LogP contribution in [0.2, 0.25) is 0 Å². The van der Waals surface area contributed by atoms with Crippen molar-refractivity contribution in [3.8, 4) is 0 Å². The maximum atomic E-state index is 11.4. The topological polar surface area (TPSA) is 59.3 Å². The molecule has 0 saturated heterocycles. The van der Waals surface area contributed by atoms with Crippen LogP contribution in [0.15, 0.2) is 12.1 Å². The zero-order valence-corrected chi connectivity index (χ0v) is 12.2. The molecule has 1 N–H and O–H groups in total. The zero-order chi connectivity index (χ0) is 15.0. The van der Waals surface area contributed by atoms with E-state index in [2.05, 4.69) is 4.57 Å². The first-order chi connectivity index (χ1) is 9.42. The lowest BCUT2D eigenvalue weighted by Crippen LogP contribution is -2.03. The molecule has 0 atom stereocenters. The number of hydrogen-bond acceptors (Lipinski definition) is 2. The molecule has 2 rings (SSSR count). The van der Waals surface area contributed by atoms with Crippen LogP contribution >= 0.6 is 0 Å². The van der Waals surface area contributed by atoms with Crippen LogP contribution < -0.4 is 0 Å². The van der Waals surface area contributed by atoms with E-state index in [1.807, 2.05) is 27.7 Å². The lowest BCUT2D eigenvalue weighted by Gasteiger charge is -2.13. The molecular weight excluding hydrogens is 254 g/mol. The molecule has 0 spiro atoms. The van der Waals surface area contributed by atoms with E-state index in [-0.39, 0.29) is 11.5 Å². The number of aromatic nitrogens is 1. The van der Waals surface area contributed by atoms with Crippen molar-refractivity contribution < 1.29 is 14.7 Å². The third kappa shape index (κ3) is 2.01. The van der Waals surface area contributed by atoms with Crippen LogP contribution in [-0.2, 0) is 6.54 Å². The molecule has 0 aliphatic heterocycles. The van der Waals surface area contributed by atoms with Crippen molar-refractivity contribution in [3.63, 3.8) is 0 Å². The van der Waals surface area contributed by atoms with Gasteiger partial charge in [0.05, 0.1) is 11.1 Å². The number of aryl methyl sites for hydroxylation is 1. The van der Waals surface area contributed by atoms with Crippen LogP contribution in [0.3, 0.4) is 0 Å². The van der Waals surface area contributed by atoms with Gasteiger partial charge in [0, 0.05) is 23.2 Å². The summed E-state index contributed by atoms with van der Waals surface area (Å²) in [6.07, 6.45) is 0.819. The number of carboxylic acids is 1. The van der Waals surface area contributed by atoms with Crippen molar-refractivity contribution in [1.29, 1.82) is 0 Å². The molecule has 0 fully saturated rings. The number of nitrogens with zero attached hydrogens (tertiary/aromatic N) is 1. The Morgan fingerprint density at radius 1 is 1.40 bits per heavy atom. The van der Waals surface area contributed by atoms with Crippen molar-refractivity contribution in [3.05, 3.63) is 34.5 Å². The molecule has 20 heavy (non-hydrogen) atoms. The lowest BCUT2D eigenvalue weighted by atomic mass is 9.96. The van der Waals surface area contributed by atoms with Crippen LogP contribution in [-0.4, -0.2) is 21.9 Å². The molecule has 4 nitrogen and oxygen atoms in total. The molecule has 0 unspecified atom stereocenters. The van der Waals surface area contributed by atoms with Crippen molar-refractivity contribution in [1.82, 2.24) is 4.57 Å². The third-order valence-electron chi connectivity index (χ3n) is 3.80. The predicted octanol–water partition coefficient (Wildman–Crippen LogP) is 3.60. The third-order valence-corrected chi connectivity index (χ3v) is 3.80. The molecule has 1 aromatic heterocycles. The van der Waals surface area contributed by atoms with E-state index in [1.165, 1.54) is 0 Å². The number of carbonyl (C=O) groups is 2. The summed E-state index contributed by atoms with van der Waals surface area (Å²) in [5.74, 6) is -0.775. The Kier molecular flexibility index (Phi) is 3.66. The average molecular weight is 273 g/mol. The summed E-state index contributed by atoms with van der Waals surface area (Å²) in [5, 5.41) is 9.99. The summed E-state index contributed by atoms with van der Waals surface area (Å²) in [7, 11) is 0. The monoisotopic (exact) mass is 273 g/mol. The standard InChI is InChI=1S/C16H19NO3/c1-5-17-10(4)14(8-18)13-7-11(16(19)20)6-12(9(2)3)15(13)17/h6-9H,5H2,1-4H3,(H,19,20). The van der Waals surface area contributed by atoms with Gasteiger partial charge in [-0.3, -0.25) is 4.79 Å². The van der Waals surface area contributed by atoms with Gasteiger partial charge in [-0.2, -0.15) is 0 Å². The van der Waals surface area contributed by atoms with E-state index in [9.17, 15) is 14.7 Å². The largest absolute Gasteiger partial charge is 0.478 e. The fourth-order valence-corrected chi connectivity index (χ4v) is 2.78. The maximum Gasteiger partial charge on any atom is 0.335 e. The molecule has 4 heteroatoms. The molecular formula is C16H19NO3. The number of carboxylic acid groups (broad SMARTS) is 1. The Morgan fingerprint density at radius 2 is 2.05 bits per heavy atom. The normalized spacial score (nSPS) is 11.2. The molecule has 0 amide bonds. The Morgan fingerprint density at radius 3 is 2.50 bits per heavy atom. The highest BCUT2D eigenvalue weighted by molar-refractivity contribution is 6.04. The first-order valence-electron chi connectivity index (χ1n) is 6.77. The minimum Gasteiger partial charge on any atom is -0.478 e. The van der Waals surface area contributed by atoms with Gasteiger partial charge >= 0.3 is 5.97 Å². The van der Waals surface area contributed by atoms with Gasteiger partial charge in [0.1, 0.15) is 0 Å². The summed E-state index contributed by atoms with van der Waals surface area (Å²) in [6, 6.07) is 3.32. The smallest absolute Gasteiger partial charge is 0.335 e. The van der Waals surface area contributed by atoms with Gasteiger partial charge in [0.15, 0.2) is 6.29 Å². The number of hydrogen-bond donors (Lipinski definition) is 1. The van der Waals surface area contributed by atoms with Crippen LogP contribution in [0.5, 0.6) is 0 Å². The van der Waals surface area contributed by atoms with Crippen molar-refractivity contribution >= 4 is 23.2 Å². The Balaban J connectivity index is 3.00. The fraction of sp³-hybridized carbons (Fsp3) is 0.375. The van der Waals surface area contributed by atoms with Crippen molar-refractivity contribution in [2.45, 2.75) is 40.2 Å². The molecule has 0 aliphatic carbocycles. The number of fused-ring (bicyclic) bond motifs is 1. The summed E-state index contributed by atoms with van der Waals surface area (Å²) >= 11 is 0. The fourth-order valence-electron chi connectivity index (χ4n) is 2.78. The first kappa shape index (κ1) is 14.3. The summed E-state index contributed by atoms with van der Waals surface area (Å²) in [5.41, 5.74) is 3.66. The number of rotatable bonds is 4. The minimum atomic E-state index is -0.965. The van der Waals surface area contributed by atoms with Crippen LogP contribution in [0, 0.1) is 6.92 Å². The van der Waals surface area contributed by atoms with Gasteiger partial charge in [-0.1, -0.05) is 13.8 Å². The highest BCUT2D eigenvalue weighted by Gasteiger charge is 2.20. The van der Waals surface area contributed by atoms with E-state index in [4.69, 9.17) is 0 Å². The highest BCUT2D eigenvalue weighted by Crippen LogP contribution is 2.32. The van der Waals surface area contributed by atoms with E-state index in [0.717, 1.165) is 35.0 Å². The summed E-state index contributed by atoms with van der Waals surface area (Å²) in [6.45, 7) is 8.74. The van der Waals surface area contributed by atoms with Crippen molar-refractivity contribution in [2.24, 2.45) is 0 Å². The Bertz CT molecular complexity index is 696. The van der Waals surface area contributed by atoms with E-state index in [0.29, 0.717) is 5.56 Å². The number of aromatic carboxylic acids is 1. The quantitative estimate of drug-likeness (QED) is 0.866. The van der Waals surface area contributed by atoms with E-state index in [1.54, 1.807) is 12.1 Å². The molecule has 106 valence electrons. The molecule has 2 aromatic rings. The van der Waals surface area contributed by atoms with Crippen molar-refractivity contribution in [2.75, 3.05) is 0 Å². The maximum absolute atomic E-state index is 11.4. The van der Waals surface area contributed by atoms with Crippen LogP contribution in [0.1, 0.15) is 58.7 Å². The highest BCUT2D eigenvalue weighted by atomic mass is 16.4. The molecule has 0 aliphatic rings. The van der Waals surface area contributed by atoms with E-state index < -0.39 is 5.97 Å². The van der Waals surface area contributed by atoms with Gasteiger partial charge in [0.25, 0.3) is 0 Å². The summed E-state index contributed by atoms with van der Waals surface area (Å²) < 4.78 is 2.08. The van der Waals surface area contributed by atoms with Gasteiger partial charge < -0.3 is 9.67 Å². The van der Waals surface area contributed by atoms with Crippen LogP contribution in [0.4, 0.5) is 0 Å². The average Bonchev–Trinajstić information content (AvgIpc) is 2.67. The zero-order valence-electron chi connectivity index (χ0n) is 12.2. The molecule has 0 radical (unpaired) electrons. The number of benzene rings is 1. The van der Waals surface area contributed by atoms with Crippen LogP contribution in [0.25, 0.3) is 10.9 Å². The van der Waals surface area contributed by atoms with Gasteiger partial charge in [0.2, 0.25) is 0 Å². The summed E-state index contributed by atoms with van der Waals surface area (Å²) in [4.78, 5) is 22.7. The predicted molar refractivity (Wildman–Crippen MR) is 78.8 cm³/mol. The molecule has 1 heterocycles. The second kappa shape index (κ2) is 5.12. The second-order valence-electron chi connectivity index (χ2n) is 5.28. The van der Waals surface area contributed by atoms with Gasteiger partial charge in [-0.05, 0) is 37.5 Å². The van der Waals surface area contributed by atoms with Gasteiger partial charge in [-0.25, -0.2) is 4.79 Å². The molecule has 0 saturated carbocycles. The number of carbonyl (C=O) groups excluding carboxylic acids is 1. The Labute approximate surface area is 118 Å². The SMILES string of the molecule is CCn1c(C)c(C=O)c2cc(C(=O)O)cc(C(C)C)c21. The molecule has 1 aromatic carbocycles. The second-order valence-corrected chi connectivity index (χ2v) is 5.28. The van der Waals surface area contributed by atoms with Gasteiger partial charge in [-0.15, -0.1) is 0 Å². The first-order valence-corrected chi connectivity index (χ1v) is 6.77. The van der Waals surface area contributed by atoms with E-state index >= 15 is 0 Å². The molecule has 0 bridgehead atoms. The number of aldehydes is 1. The lowest BCUT2D eigenvalue weighted by molar-refractivity contribution is 0.0696. The Hall–Kier alpha value is -2.10. The minimum absolute atomic E-state index is 0.191.